The molecule has 3 aromatic rings. The Morgan fingerprint density at radius 1 is 1.31 bits per heavy atom. The lowest BCUT2D eigenvalue weighted by molar-refractivity contribution is 0.146. The molecule has 26 heavy (non-hydrogen) atoms. The predicted molar refractivity (Wildman–Crippen MR) is 103 cm³/mol. The maximum atomic E-state index is 11.7. The maximum Gasteiger partial charge on any atom is 0.321 e. The minimum atomic E-state index is -0.268. The van der Waals surface area contributed by atoms with Gasteiger partial charge in [0.05, 0.1) is 16.8 Å². The second kappa shape index (κ2) is 8.59. The summed E-state index contributed by atoms with van der Waals surface area (Å²) < 4.78 is 11.9. The minimum absolute atomic E-state index is 0.268. The second-order valence-electron chi connectivity index (χ2n) is 5.40. The van der Waals surface area contributed by atoms with Gasteiger partial charge in [-0.15, -0.1) is 0 Å². The topological polar surface area (TPSA) is 85.4 Å². The number of pyridine rings is 1. The Bertz CT molecular complexity index is 883. The quantitative estimate of drug-likeness (QED) is 0.620. The van der Waals surface area contributed by atoms with Gasteiger partial charge in [0.25, 0.3) is 0 Å². The Morgan fingerprint density at radius 3 is 2.92 bits per heavy atom. The van der Waals surface area contributed by atoms with Gasteiger partial charge in [-0.05, 0) is 19.1 Å². The first-order valence-electron chi connectivity index (χ1n) is 8.23. The molecule has 7 nitrogen and oxygen atoms in total. The van der Waals surface area contributed by atoms with Gasteiger partial charge in [-0.3, -0.25) is 10.3 Å². The fraction of sp³-hybridized carbons (Fsp3) is 0.278. The van der Waals surface area contributed by atoms with Crippen molar-refractivity contribution in [1.82, 2.24) is 15.3 Å². The van der Waals surface area contributed by atoms with E-state index in [9.17, 15) is 4.79 Å². The minimum Gasteiger partial charge on any atom is -0.490 e. The first kappa shape index (κ1) is 18.1. The van der Waals surface area contributed by atoms with Crippen LogP contribution in [0, 0.1) is 0 Å². The van der Waals surface area contributed by atoms with Crippen molar-refractivity contribution in [2.45, 2.75) is 6.92 Å². The zero-order valence-electron chi connectivity index (χ0n) is 14.6. The van der Waals surface area contributed by atoms with Crippen LogP contribution in [0.1, 0.15) is 6.92 Å². The number of anilines is 1. The standard InChI is InChI=1S/C18H20N4O3S/c1-3-20-17(23)22-18-21-14-9-13(12-5-4-6-19-11-12)15(10-16(14)26-18)25-8-7-24-2/h4-6,9-11H,3,7-8H2,1-2H3,(H2,20,21,22,23). The van der Waals surface area contributed by atoms with Gasteiger partial charge in [-0.25, -0.2) is 9.78 Å². The van der Waals surface area contributed by atoms with Crippen LogP contribution in [-0.4, -0.2) is 42.9 Å². The van der Waals surface area contributed by atoms with Crippen molar-refractivity contribution in [2.24, 2.45) is 0 Å². The molecule has 8 heteroatoms. The SMILES string of the molecule is CCNC(=O)Nc1nc2cc(-c3cccnc3)c(OCCOC)cc2s1. The van der Waals surface area contributed by atoms with Gasteiger partial charge >= 0.3 is 6.03 Å². The van der Waals surface area contributed by atoms with Crippen LogP contribution in [0.25, 0.3) is 21.3 Å². The maximum absolute atomic E-state index is 11.7. The van der Waals surface area contributed by atoms with E-state index in [1.165, 1.54) is 11.3 Å². The van der Waals surface area contributed by atoms with Crippen molar-refractivity contribution in [3.63, 3.8) is 0 Å². The monoisotopic (exact) mass is 372 g/mol. The fourth-order valence-corrected chi connectivity index (χ4v) is 3.28. The number of hydrogen-bond donors (Lipinski definition) is 2. The molecular formula is C18H20N4O3S. The molecule has 0 spiro atoms. The van der Waals surface area contributed by atoms with E-state index in [1.807, 2.05) is 31.2 Å². The molecule has 0 saturated heterocycles. The van der Waals surface area contributed by atoms with Gasteiger partial charge < -0.3 is 14.8 Å². The molecule has 1 aromatic carbocycles. The number of urea groups is 1. The third-order valence-corrected chi connectivity index (χ3v) is 4.50. The van der Waals surface area contributed by atoms with E-state index < -0.39 is 0 Å². The Balaban J connectivity index is 1.97. The molecule has 0 radical (unpaired) electrons. The average molecular weight is 372 g/mol. The lowest BCUT2D eigenvalue weighted by Crippen LogP contribution is -2.28. The van der Waals surface area contributed by atoms with Crippen molar-refractivity contribution in [3.8, 4) is 16.9 Å². The van der Waals surface area contributed by atoms with E-state index in [0.717, 1.165) is 27.1 Å². The van der Waals surface area contributed by atoms with E-state index in [-0.39, 0.29) is 6.03 Å². The number of fused-ring (bicyclic) bond motifs is 1. The number of carbonyl (C=O) groups excluding carboxylic acids is 1. The van der Waals surface area contributed by atoms with Crippen molar-refractivity contribution < 1.29 is 14.3 Å². The molecular weight excluding hydrogens is 352 g/mol. The Labute approximate surface area is 155 Å². The molecule has 2 heterocycles. The summed E-state index contributed by atoms with van der Waals surface area (Å²) in [7, 11) is 1.64. The number of methoxy groups -OCH3 is 1. The largest absolute Gasteiger partial charge is 0.490 e. The molecule has 136 valence electrons. The van der Waals surface area contributed by atoms with Gasteiger partial charge in [0.15, 0.2) is 5.13 Å². The van der Waals surface area contributed by atoms with E-state index in [0.29, 0.717) is 24.9 Å². The van der Waals surface area contributed by atoms with Crippen LogP contribution in [0.3, 0.4) is 0 Å². The normalized spacial score (nSPS) is 10.7. The highest BCUT2D eigenvalue weighted by Crippen LogP contribution is 2.37. The first-order valence-corrected chi connectivity index (χ1v) is 9.04. The number of amides is 2. The number of aromatic nitrogens is 2. The Kier molecular flexibility index (Phi) is 5.98. The molecule has 2 N–H and O–H groups in total. The van der Waals surface area contributed by atoms with E-state index in [2.05, 4.69) is 20.6 Å². The molecule has 0 aliphatic carbocycles. The lowest BCUT2D eigenvalue weighted by Gasteiger charge is -2.11. The smallest absolute Gasteiger partial charge is 0.321 e. The lowest BCUT2D eigenvalue weighted by atomic mass is 10.1. The van der Waals surface area contributed by atoms with Gasteiger partial charge in [-0.1, -0.05) is 17.4 Å². The zero-order chi connectivity index (χ0) is 18.4. The number of nitrogens with zero attached hydrogens (tertiary/aromatic N) is 2. The molecule has 0 saturated carbocycles. The van der Waals surface area contributed by atoms with Gasteiger partial charge in [0, 0.05) is 43.2 Å². The van der Waals surface area contributed by atoms with Gasteiger partial charge in [-0.2, -0.15) is 0 Å². The average Bonchev–Trinajstić information content (AvgIpc) is 3.03. The second-order valence-corrected chi connectivity index (χ2v) is 6.43. The summed E-state index contributed by atoms with van der Waals surface area (Å²) in [5, 5.41) is 5.98. The molecule has 0 unspecified atom stereocenters. The highest BCUT2D eigenvalue weighted by molar-refractivity contribution is 7.22. The highest BCUT2D eigenvalue weighted by atomic mass is 32.1. The zero-order valence-corrected chi connectivity index (χ0v) is 15.4. The first-order chi connectivity index (χ1) is 12.7. The number of rotatable bonds is 7. The van der Waals surface area contributed by atoms with Crippen LogP contribution in [-0.2, 0) is 4.74 Å². The molecule has 0 fully saturated rings. The summed E-state index contributed by atoms with van der Waals surface area (Å²) in [4.78, 5) is 20.4. The number of hydrogen-bond acceptors (Lipinski definition) is 6. The van der Waals surface area contributed by atoms with E-state index in [4.69, 9.17) is 9.47 Å². The Hall–Kier alpha value is -2.71. The third-order valence-electron chi connectivity index (χ3n) is 3.57. The molecule has 0 aliphatic heterocycles. The molecule has 2 aromatic heterocycles. The van der Waals surface area contributed by atoms with Crippen LogP contribution in [0.15, 0.2) is 36.7 Å². The van der Waals surface area contributed by atoms with Crippen LogP contribution in [0.4, 0.5) is 9.93 Å². The van der Waals surface area contributed by atoms with Crippen molar-refractivity contribution in [3.05, 3.63) is 36.7 Å². The Morgan fingerprint density at radius 2 is 2.19 bits per heavy atom. The van der Waals surface area contributed by atoms with E-state index in [1.54, 1.807) is 19.5 Å². The van der Waals surface area contributed by atoms with Gasteiger partial charge in [0.1, 0.15) is 12.4 Å². The molecule has 0 bridgehead atoms. The fourth-order valence-electron chi connectivity index (χ4n) is 2.41. The number of thiazole rings is 1. The van der Waals surface area contributed by atoms with Crippen LogP contribution in [0.2, 0.25) is 0 Å². The van der Waals surface area contributed by atoms with Crippen LogP contribution < -0.4 is 15.4 Å². The summed E-state index contributed by atoms with van der Waals surface area (Å²) in [6, 6.07) is 7.47. The van der Waals surface area contributed by atoms with E-state index >= 15 is 0 Å². The number of ether oxygens (including phenoxy) is 2. The predicted octanol–water partition coefficient (Wildman–Crippen LogP) is 3.52. The summed E-state index contributed by atoms with van der Waals surface area (Å²) >= 11 is 1.40. The van der Waals surface area contributed by atoms with Gasteiger partial charge in [0.2, 0.25) is 0 Å². The van der Waals surface area contributed by atoms with Crippen molar-refractivity contribution >= 4 is 32.7 Å². The molecule has 0 aliphatic rings. The third kappa shape index (κ3) is 4.27. The van der Waals surface area contributed by atoms with Crippen molar-refractivity contribution in [1.29, 1.82) is 0 Å². The van der Waals surface area contributed by atoms with Crippen molar-refractivity contribution in [2.75, 3.05) is 32.2 Å². The molecule has 3 rings (SSSR count). The van der Waals surface area contributed by atoms with Crippen LogP contribution in [0.5, 0.6) is 5.75 Å². The number of carbonyl (C=O) groups is 1. The highest BCUT2D eigenvalue weighted by Gasteiger charge is 2.13. The summed E-state index contributed by atoms with van der Waals surface area (Å²) in [6.45, 7) is 3.36. The number of nitrogens with one attached hydrogen (secondary N) is 2. The molecule has 0 atom stereocenters. The molecule has 2 amide bonds. The summed E-state index contributed by atoms with van der Waals surface area (Å²) in [5.74, 6) is 0.732. The summed E-state index contributed by atoms with van der Waals surface area (Å²) in [6.07, 6.45) is 3.51. The number of benzene rings is 1. The summed E-state index contributed by atoms with van der Waals surface area (Å²) in [5.41, 5.74) is 2.63. The van der Waals surface area contributed by atoms with Crippen LogP contribution >= 0.6 is 11.3 Å².